The number of hydrogen-bond acceptors (Lipinski definition) is 1. The van der Waals surface area contributed by atoms with E-state index in [-0.39, 0.29) is 18.3 Å². The molecule has 1 aliphatic heterocycles. The molecule has 1 heterocycles. The van der Waals surface area contributed by atoms with Gasteiger partial charge in [-0.1, -0.05) is 18.6 Å². The maximum atomic E-state index is 12.9. The first kappa shape index (κ1) is 15.8. The highest BCUT2D eigenvalue weighted by atomic mass is 19.4. The molecule has 0 radical (unpaired) electrons. The molecular weight excluding hydrogens is 286 g/mol. The van der Waals surface area contributed by atoms with Crippen molar-refractivity contribution in [3.05, 3.63) is 35.6 Å². The molecule has 1 aromatic rings. The fourth-order valence-electron chi connectivity index (χ4n) is 2.66. The van der Waals surface area contributed by atoms with Gasteiger partial charge in [-0.15, -0.1) is 0 Å². The summed E-state index contributed by atoms with van der Waals surface area (Å²) in [5.74, 6) is -1.26. The van der Waals surface area contributed by atoms with Crippen LogP contribution in [0.3, 0.4) is 0 Å². The predicted molar refractivity (Wildman–Crippen MR) is 70.2 cm³/mol. The Morgan fingerprint density at radius 3 is 2.48 bits per heavy atom. The summed E-state index contributed by atoms with van der Waals surface area (Å²) in [7, 11) is 0. The number of rotatable bonds is 2. The predicted octanol–water partition coefficient (Wildman–Crippen LogP) is 3.87. The maximum absolute atomic E-state index is 12.9. The monoisotopic (exact) mass is 303 g/mol. The van der Waals surface area contributed by atoms with Crippen LogP contribution in [0.2, 0.25) is 0 Å². The van der Waals surface area contributed by atoms with Gasteiger partial charge in [-0.05, 0) is 30.5 Å². The van der Waals surface area contributed by atoms with E-state index in [4.69, 9.17) is 0 Å². The van der Waals surface area contributed by atoms with Crippen molar-refractivity contribution in [3.8, 4) is 0 Å². The van der Waals surface area contributed by atoms with Crippen LogP contribution in [0.4, 0.5) is 17.6 Å². The highest BCUT2D eigenvalue weighted by Gasteiger charge is 2.34. The zero-order valence-corrected chi connectivity index (χ0v) is 11.5. The Labute approximate surface area is 120 Å². The van der Waals surface area contributed by atoms with Crippen molar-refractivity contribution in [2.45, 2.75) is 37.8 Å². The lowest BCUT2D eigenvalue weighted by molar-refractivity contribution is -0.161. The van der Waals surface area contributed by atoms with Gasteiger partial charge in [0.05, 0.1) is 0 Å². The Kier molecular flexibility index (Phi) is 4.85. The van der Waals surface area contributed by atoms with Crippen molar-refractivity contribution in [2.24, 2.45) is 0 Å². The van der Waals surface area contributed by atoms with Crippen LogP contribution >= 0.6 is 0 Å². The van der Waals surface area contributed by atoms with Gasteiger partial charge in [0, 0.05) is 19.0 Å². The van der Waals surface area contributed by atoms with Gasteiger partial charge in [0.15, 0.2) is 0 Å². The number of amides is 1. The van der Waals surface area contributed by atoms with Crippen LogP contribution in [-0.2, 0) is 4.79 Å². The van der Waals surface area contributed by atoms with Crippen LogP contribution in [0.5, 0.6) is 0 Å². The van der Waals surface area contributed by atoms with E-state index in [0.29, 0.717) is 13.0 Å². The molecule has 1 aliphatic rings. The number of benzene rings is 1. The summed E-state index contributed by atoms with van der Waals surface area (Å²) < 4.78 is 49.9. The second-order valence-electron chi connectivity index (χ2n) is 5.38. The third-order valence-electron chi connectivity index (χ3n) is 3.72. The van der Waals surface area contributed by atoms with Crippen LogP contribution in [0.15, 0.2) is 24.3 Å². The lowest BCUT2D eigenvalue weighted by Crippen LogP contribution is -2.36. The zero-order valence-electron chi connectivity index (χ0n) is 11.5. The molecule has 0 aromatic heterocycles. The Hall–Kier alpha value is -1.59. The molecule has 1 unspecified atom stereocenters. The number of hydrogen-bond donors (Lipinski definition) is 0. The van der Waals surface area contributed by atoms with E-state index in [9.17, 15) is 22.4 Å². The van der Waals surface area contributed by atoms with Crippen molar-refractivity contribution in [3.63, 3.8) is 0 Å². The molecular formula is C15H17F4NO. The van der Waals surface area contributed by atoms with Crippen molar-refractivity contribution < 1.29 is 22.4 Å². The fourth-order valence-corrected chi connectivity index (χ4v) is 2.66. The summed E-state index contributed by atoms with van der Waals surface area (Å²) in [6, 6.07) is 5.94. The minimum Gasteiger partial charge on any atom is -0.342 e. The second-order valence-corrected chi connectivity index (χ2v) is 5.38. The lowest BCUT2D eigenvalue weighted by Gasteiger charge is -2.25. The van der Waals surface area contributed by atoms with Crippen molar-refractivity contribution in [1.29, 1.82) is 0 Å². The van der Waals surface area contributed by atoms with E-state index in [0.717, 1.165) is 18.4 Å². The van der Waals surface area contributed by atoms with Gasteiger partial charge in [0.2, 0.25) is 5.91 Å². The summed E-state index contributed by atoms with van der Waals surface area (Å²) in [4.78, 5) is 13.0. The van der Waals surface area contributed by atoms with Crippen molar-refractivity contribution in [2.75, 3.05) is 13.1 Å². The largest absolute Gasteiger partial charge is 0.397 e. The summed E-state index contributed by atoms with van der Waals surface area (Å²) in [6.07, 6.45) is -3.56. The summed E-state index contributed by atoms with van der Waals surface area (Å²) >= 11 is 0. The molecule has 1 saturated heterocycles. The Morgan fingerprint density at radius 2 is 1.86 bits per heavy atom. The number of nitrogens with zero attached hydrogens (tertiary/aromatic N) is 1. The Balaban J connectivity index is 2.07. The molecule has 0 bridgehead atoms. The molecule has 1 atom stereocenters. The van der Waals surface area contributed by atoms with Gasteiger partial charge < -0.3 is 4.90 Å². The fraction of sp³-hybridized carbons (Fsp3) is 0.533. The summed E-state index contributed by atoms with van der Waals surface area (Å²) in [6.45, 7) is 0.618. The van der Waals surface area contributed by atoms with Gasteiger partial charge in [-0.2, -0.15) is 13.2 Å². The Bertz CT molecular complexity index is 483. The average Bonchev–Trinajstić information content (AvgIpc) is 2.63. The van der Waals surface area contributed by atoms with Gasteiger partial charge >= 0.3 is 6.18 Å². The van der Waals surface area contributed by atoms with Gasteiger partial charge in [0.25, 0.3) is 0 Å². The first-order valence-corrected chi connectivity index (χ1v) is 6.95. The molecule has 1 aromatic carbocycles. The maximum Gasteiger partial charge on any atom is 0.397 e. The highest BCUT2D eigenvalue weighted by Crippen LogP contribution is 2.28. The summed E-state index contributed by atoms with van der Waals surface area (Å²) in [5, 5.41) is 0. The quantitative estimate of drug-likeness (QED) is 0.759. The minimum absolute atomic E-state index is 0.0368. The molecule has 0 aliphatic carbocycles. The topological polar surface area (TPSA) is 20.3 Å². The first-order valence-electron chi connectivity index (χ1n) is 6.95. The van der Waals surface area contributed by atoms with Crippen molar-refractivity contribution >= 4 is 5.91 Å². The summed E-state index contributed by atoms with van der Waals surface area (Å²) in [5.41, 5.74) is 0.864. The molecule has 116 valence electrons. The molecule has 1 fully saturated rings. The van der Waals surface area contributed by atoms with Gasteiger partial charge in [-0.25, -0.2) is 4.39 Å². The third-order valence-corrected chi connectivity index (χ3v) is 3.72. The Morgan fingerprint density at radius 1 is 1.19 bits per heavy atom. The molecule has 0 spiro atoms. The molecule has 0 saturated carbocycles. The number of alkyl halides is 3. The lowest BCUT2D eigenvalue weighted by atomic mass is 9.94. The van der Waals surface area contributed by atoms with E-state index < -0.39 is 18.5 Å². The third kappa shape index (κ3) is 4.72. The van der Waals surface area contributed by atoms with E-state index in [2.05, 4.69) is 0 Å². The molecule has 6 heteroatoms. The van der Waals surface area contributed by atoms with Crippen LogP contribution in [0, 0.1) is 5.82 Å². The first-order chi connectivity index (χ1) is 9.85. The van der Waals surface area contributed by atoms with E-state index >= 15 is 0 Å². The minimum atomic E-state index is -4.48. The molecule has 21 heavy (non-hydrogen) atoms. The zero-order chi connectivity index (χ0) is 15.5. The van der Waals surface area contributed by atoms with Crippen LogP contribution in [-0.4, -0.2) is 30.1 Å². The highest BCUT2D eigenvalue weighted by molar-refractivity contribution is 5.77. The van der Waals surface area contributed by atoms with E-state index in [1.165, 1.54) is 17.0 Å². The SMILES string of the molecule is O=C(CC(F)(F)F)N1CCCCC(c2ccc(F)cc2)C1. The van der Waals surface area contributed by atoms with Crippen LogP contribution in [0.1, 0.15) is 37.2 Å². The van der Waals surface area contributed by atoms with Gasteiger partial charge in [0.1, 0.15) is 12.2 Å². The second kappa shape index (κ2) is 6.45. The molecule has 2 rings (SSSR count). The van der Waals surface area contributed by atoms with E-state index in [1.54, 1.807) is 12.1 Å². The average molecular weight is 303 g/mol. The van der Waals surface area contributed by atoms with E-state index in [1.807, 2.05) is 0 Å². The molecule has 1 amide bonds. The number of carbonyl (C=O) groups is 1. The number of carbonyl (C=O) groups excluding carboxylic acids is 1. The normalized spacial score (nSPS) is 20.2. The number of halogens is 4. The smallest absolute Gasteiger partial charge is 0.342 e. The number of likely N-dealkylation sites (tertiary alicyclic amines) is 1. The van der Waals surface area contributed by atoms with Gasteiger partial charge in [-0.3, -0.25) is 4.79 Å². The van der Waals surface area contributed by atoms with Crippen LogP contribution < -0.4 is 0 Å². The molecule has 2 nitrogen and oxygen atoms in total. The van der Waals surface area contributed by atoms with Crippen molar-refractivity contribution in [1.82, 2.24) is 4.90 Å². The van der Waals surface area contributed by atoms with Crippen LogP contribution in [0.25, 0.3) is 0 Å². The standard InChI is InChI=1S/C15H17F4NO/c16-13-6-4-11(5-7-13)12-3-1-2-8-20(10-12)14(21)9-15(17,18)19/h4-7,12H,1-3,8-10H2. The molecule has 0 N–H and O–H groups in total.